The maximum atomic E-state index is 12.6. The fourth-order valence-corrected chi connectivity index (χ4v) is 3.49. The number of rotatable bonds is 10. The maximum absolute atomic E-state index is 12.6. The molecular weight excluding hydrogens is 448 g/mol. The van der Waals surface area contributed by atoms with Crippen molar-refractivity contribution in [3.05, 3.63) is 77.9 Å². The van der Waals surface area contributed by atoms with Gasteiger partial charge >= 0.3 is 5.97 Å². The van der Waals surface area contributed by atoms with Crippen LogP contribution in [0.3, 0.4) is 0 Å². The summed E-state index contributed by atoms with van der Waals surface area (Å²) in [5.74, 6) is -1.79. The minimum Gasteiger partial charge on any atom is -0.481 e. The molecule has 2 aromatic carbocycles. The first-order valence-corrected chi connectivity index (χ1v) is 11.1. The van der Waals surface area contributed by atoms with Crippen LogP contribution in [0.1, 0.15) is 28.8 Å². The molecule has 6 N–H and O–H groups in total. The minimum absolute atomic E-state index is 0.0839. The summed E-state index contributed by atoms with van der Waals surface area (Å²) >= 11 is 0. The van der Waals surface area contributed by atoms with Crippen molar-refractivity contribution >= 4 is 35.6 Å². The molecule has 0 radical (unpaired) electrons. The van der Waals surface area contributed by atoms with Crippen molar-refractivity contribution in [3.8, 4) is 0 Å². The van der Waals surface area contributed by atoms with Crippen LogP contribution in [-0.4, -0.2) is 53.7 Å². The second kappa shape index (κ2) is 12.1. The van der Waals surface area contributed by atoms with E-state index in [0.29, 0.717) is 17.8 Å². The van der Waals surface area contributed by atoms with Crippen LogP contribution in [0.5, 0.6) is 0 Å². The van der Waals surface area contributed by atoms with E-state index >= 15 is 0 Å². The first-order chi connectivity index (χ1) is 16.8. The molecule has 1 atom stereocenters. The van der Waals surface area contributed by atoms with Crippen LogP contribution in [0.25, 0.3) is 0 Å². The average molecular weight is 477 g/mol. The molecule has 0 saturated heterocycles. The van der Waals surface area contributed by atoms with Gasteiger partial charge in [0.2, 0.25) is 5.91 Å². The summed E-state index contributed by atoms with van der Waals surface area (Å²) in [5.41, 5.74) is 1.00. The van der Waals surface area contributed by atoms with Crippen LogP contribution in [0.4, 0.5) is 5.69 Å². The van der Waals surface area contributed by atoms with Gasteiger partial charge in [0.1, 0.15) is 0 Å². The van der Waals surface area contributed by atoms with Crippen LogP contribution in [0.15, 0.2) is 71.7 Å². The molecule has 2 amide bonds. The minimum atomic E-state index is -0.966. The number of allylic oxidation sites excluding steroid dienone is 1. The van der Waals surface area contributed by atoms with Gasteiger partial charge in [-0.25, -0.2) is 0 Å². The van der Waals surface area contributed by atoms with Crippen molar-refractivity contribution in [2.24, 2.45) is 4.99 Å². The first kappa shape index (κ1) is 25.2. The molecule has 3 rings (SSSR count). The third kappa shape index (κ3) is 8.11. The van der Waals surface area contributed by atoms with Crippen molar-refractivity contribution < 1.29 is 19.5 Å². The summed E-state index contributed by atoms with van der Waals surface area (Å²) in [6, 6.07) is 16.3. The van der Waals surface area contributed by atoms with Gasteiger partial charge in [-0.1, -0.05) is 42.5 Å². The number of hydrogen-bond acceptors (Lipinski definition) is 5. The van der Waals surface area contributed by atoms with Crippen LogP contribution in [0, 0.1) is 5.41 Å². The van der Waals surface area contributed by atoms with Gasteiger partial charge in [-0.05, 0) is 36.3 Å². The molecule has 182 valence electrons. The number of carboxylic acids is 1. The molecule has 1 unspecified atom stereocenters. The third-order valence-corrected chi connectivity index (χ3v) is 5.27. The molecular formula is C25H28N6O4. The van der Waals surface area contributed by atoms with Gasteiger partial charge < -0.3 is 26.4 Å². The molecule has 0 fully saturated rings. The summed E-state index contributed by atoms with van der Waals surface area (Å²) in [7, 11) is 0. The van der Waals surface area contributed by atoms with Gasteiger partial charge in [-0.15, -0.1) is 0 Å². The zero-order valence-electron chi connectivity index (χ0n) is 19.1. The Morgan fingerprint density at radius 3 is 2.57 bits per heavy atom. The summed E-state index contributed by atoms with van der Waals surface area (Å²) in [6.07, 6.45) is 5.04. The Kier molecular flexibility index (Phi) is 8.71. The zero-order valence-corrected chi connectivity index (χ0v) is 19.1. The lowest BCUT2D eigenvalue weighted by molar-refractivity contribution is -0.137. The SMILES string of the molecule is N=C(NCc1ccccc1)Nc1cccc(C(=O)NCC(=O)NC2(CCC(=O)O)C=CC=NC2)c1. The number of nitrogens with one attached hydrogen (secondary N) is 5. The van der Waals surface area contributed by atoms with Crippen molar-refractivity contribution in [1.82, 2.24) is 16.0 Å². The number of nitrogens with zero attached hydrogens (tertiary/aromatic N) is 1. The highest BCUT2D eigenvalue weighted by molar-refractivity contribution is 5.98. The number of carbonyl (C=O) groups excluding carboxylic acids is 2. The van der Waals surface area contributed by atoms with E-state index in [2.05, 4.69) is 26.3 Å². The van der Waals surface area contributed by atoms with E-state index < -0.39 is 23.3 Å². The zero-order chi connectivity index (χ0) is 25.1. The highest BCUT2D eigenvalue weighted by Gasteiger charge is 2.30. The Balaban J connectivity index is 1.50. The van der Waals surface area contributed by atoms with Gasteiger partial charge in [0.05, 0.1) is 18.6 Å². The number of amides is 2. The average Bonchev–Trinajstić information content (AvgIpc) is 2.86. The predicted molar refractivity (Wildman–Crippen MR) is 134 cm³/mol. The highest BCUT2D eigenvalue weighted by atomic mass is 16.4. The molecule has 0 aromatic heterocycles. The van der Waals surface area contributed by atoms with E-state index in [0.717, 1.165) is 5.56 Å². The summed E-state index contributed by atoms with van der Waals surface area (Å²) in [6.45, 7) is 0.433. The van der Waals surface area contributed by atoms with Gasteiger partial charge in [-0.3, -0.25) is 24.8 Å². The Morgan fingerprint density at radius 1 is 1.06 bits per heavy atom. The molecule has 2 aromatic rings. The number of anilines is 1. The second-order valence-electron chi connectivity index (χ2n) is 8.05. The van der Waals surface area contributed by atoms with Crippen LogP contribution in [-0.2, 0) is 16.1 Å². The van der Waals surface area contributed by atoms with Gasteiger partial charge in [0.15, 0.2) is 5.96 Å². The van der Waals surface area contributed by atoms with Gasteiger partial charge in [-0.2, -0.15) is 0 Å². The molecule has 10 heteroatoms. The highest BCUT2D eigenvalue weighted by Crippen LogP contribution is 2.18. The topological polar surface area (TPSA) is 156 Å². The predicted octanol–water partition coefficient (Wildman–Crippen LogP) is 1.91. The summed E-state index contributed by atoms with van der Waals surface area (Å²) in [5, 5.41) is 28.3. The normalized spacial score (nSPS) is 16.2. The maximum Gasteiger partial charge on any atom is 0.303 e. The molecule has 35 heavy (non-hydrogen) atoms. The van der Waals surface area contributed by atoms with Crippen LogP contribution in [0.2, 0.25) is 0 Å². The molecule has 1 heterocycles. The van der Waals surface area contributed by atoms with E-state index in [4.69, 9.17) is 10.5 Å². The largest absolute Gasteiger partial charge is 0.481 e. The fourth-order valence-electron chi connectivity index (χ4n) is 3.49. The monoisotopic (exact) mass is 476 g/mol. The van der Waals surface area contributed by atoms with Crippen molar-refractivity contribution in [3.63, 3.8) is 0 Å². The van der Waals surface area contributed by atoms with Gasteiger partial charge in [0, 0.05) is 30.4 Å². The summed E-state index contributed by atoms with van der Waals surface area (Å²) in [4.78, 5) is 40.2. The summed E-state index contributed by atoms with van der Waals surface area (Å²) < 4.78 is 0. The lowest BCUT2D eigenvalue weighted by atomic mass is 9.91. The lowest BCUT2D eigenvalue weighted by Gasteiger charge is -2.31. The number of aliphatic carboxylic acids is 1. The number of dihydropyridines is 1. The molecule has 10 nitrogen and oxygen atoms in total. The molecule has 0 bridgehead atoms. The van der Waals surface area contributed by atoms with Gasteiger partial charge in [0.25, 0.3) is 5.91 Å². The van der Waals surface area contributed by atoms with E-state index in [1.165, 1.54) is 0 Å². The smallest absolute Gasteiger partial charge is 0.303 e. The number of aliphatic imine (C=N–C) groups is 1. The van der Waals surface area contributed by atoms with Crippen molar-refractivity contribution in [2.45, 2.75) is 24.9 Å². The Morgan fingerprint density at radius 2 is 1.86 bits per heavy atom. The van der Waals surface area contributed by atoms with E-state index in [9.17, 15) is 14.4 Å². The van der Waals surface area contributed by atoms with E-state index in [-0.39, 0.29) is 31.9 Å². The standard InChI is InChI=1S/C25H28N6O4/c26-24(29-15-18-6-2-1-3-7-18)30-20-9-4-8-19(14-20)23(35)28-16-21(32)31-25(12-10-22(33)34)11-5-13-27-17-25/h1-9,11,13-14H,10,12,15-17H2,(H,28,35)(H,31,32)(H,33,34)(H3,26,29,30). The molecule has 0 spiro atoms. The molecule has 1 aliphatic rings. The first-order valence-electron chi connectivity index (χ1n) is 11.1. The number of hydrogen-bond donors (Lipinski definition) is 6. The molecule has 0 aliphatic carbocycles. The van der Waals surface area contributed by atoms with E-state index in [1.54, 1.807) is 42.6 Å². The van der Waals surface area contributed by atoms with Crippen molar-refractivity contribution in [2.75, 3.05) is 18.4 Å². The third-order valence-electron chi connectivity index (χ3n) is 5.27. The van der Waals surface area contributed by atoms with E-state index in [1.807, 2.05) is 30.3 Å². The Bertz CT molecular complexity index is 1130. The molecule has 0 saturated carbocycles. The molecule has 1 aliphatic heterocycles. The van der Waals surface area contributed by atoms with Crippen LogP contribution >= 0.6 is 0 Å². The Hall–Kier alpha value is -4.47. The number of carbonyl (C=O) groups is 3. The van der Waals surface area contributed by atoms with Crippen LogP contribution < -0.4 is 21.3 Å². The van der Waals surface area contributed by atoms with Crippen molar-refractivity contribution in [1.29, 1.82) is 5.41 Å². The number of benzene rings is 2. The lowest BCUT2D eigenvalue weighted by Crippen LogP contribution is -2.53. The second-order valence-corrected chi connectivity index (χ2v) is 8.05. The Labute approximate surface area is 203 Å². The fraction of sp³-hybridized carbons (Fsp3) is 0.240. The number of carboxylic acid groups (broad SMARTS) is 1. The quantitative estimate of drug-likeness (QED) is 0.227. The number of guanidine groups is 1.